The molecule has 1 aromatic heterocycles. The maximum absolute atomic E-state index is 6.08. The average molecular weight is 313 g/mol. The zero-order valence-electron chi connectivity index (χ0n) is 14.2. The zero-order chi connectivity index (χ0) is 16.1. The minimum Gasteiger partial charge on any atom is -0.439 e. The molecule has 2 aromatic rings. The van der Waals surface area contributed by atoms with Gasteiger partial charge in [0.2, 0.25) is 5.88 Å². The second-order valence-corrected chi connectivity index (χ2v) is 6.58. The molecule has 1 heterocycles. The predicted molar refractivity (Wildman–Crippen MR) is 92.8 cm³/mol. The van der Waals surface area contributed by atoms with Crippen molar-refractivity contribution in [1.29, 1.82) is 0 Å². The van der Waals surface area contributed by atoms with Crippen molar-refractivity contribution >= 4 is 0 Å². The van der Waals surface area contributed by atoms with Crippen LogP contribution in [0.4, 0.5) is 0 Å². The van der Waals surface area contributed by atoms with Gasteiger partial charge in [0.1, 0.15) is 5.75 Å². The Morgan fingerprint density at radius 1 is 1.22 bits per heavy atom. The van der Waals surface area contributed by atoms with Crippen LogP contribution in [0.15, 0.2) is 30.3 Å². The van der Waals surface area contributed by atoms with Crippen molar-refractivity contribution in [2.24, 2.45) is 5.92 Å². The summed E-state index contributed by atoms with van der Waals surface area (Å²) in [5.41, 5.74) is 2.27. The van der Waals surface area contributed by atoms with Crippen molar-refractivity contribution in [3.05, 3.63) is 41.6 Å². The number of nitrogens with one attached hydrogen (secondary N) is 1. The van der Waals surface area contributed by atoms with Crippen LogP contribution in [0.3, 0.4) is 0 Å². The van der Waals surface area contributed by atoms with Crippen LogP contribution in [0.1, 0.15) is 43.4 Å². The normalized spacial score (nSPS) is 15.2. The number of rotatable bonds is 7. The van der Waals surface area contributed by atoms with Gasteiger partial charge in [-0.25, -0.2) is 4.68 Å². The van der Waals surface area contributed by atoms with Gasteiger partial charge in [0, 0.05) is 19.2 Å². The van der Waals surface area contributed by atoms with Crippen LogP contribution in [-0.4, -0.2) is 16.8 Å². The first-order valence-corrected chi connectivity index (χ1v) is 8.70. The van der Waals surface area contributed by atoms with Gasteiger partial charge >= 0.3 is 0 Å². The molecule has 0 bridgehead atoms. The number of ether oxygens (including phenoxy) is 1. The van der Waals surface area contributed by atoms with Crippen LogP contribution < -0.4 is 10.1 Å². The van der Waals surface area contributed by atoms with E-state index in [9.17, 15) is 0 Å². The van der Waals surface area contributed by atoms with Gasteiger partial charge in [-0.05, 0) is 38.4 Å². The summed E-state index contributed by atoms with van der Waals surface area (Å²) in [5, 5.41) is 7.87. The summed E-state index contributed by atoms with van der Waals surface area (Å²) in [4.78, 5) is 0. The Labute approximate surface area is 138 Å². The molecule has 4 nitrogen and oxygen atoms in total. The monoisotopic (exact) mass is 313 g/mol. The van der Waals surface area contributed by atoms with Crippen molar-refractivity contribution < 1.29 is 4.74 Å². The first-order valence-electron chi connectivity index (χ1n) is 8.70. The van der Waals surface area contributed by atoms with Gasteiger partial charge in [-0.2, -0.15) is 5.10 Å². The molecule has 0 aliphatic heterocycles. The van der Waals surface area contributed by atoms with Gasteiger partial charge in [0.15, 0.2) is 0 Å². The lowest BCUT2D eigenvalue weighted by Gasteiger charge is -2.12. The van der Waals surface area contributed by atoms with Gasteiger partial charge in [-0.15, -0.1) is 0 Å². The third-order valence-electron chi connectivity index (χ3n) is 4.62. The molecule has 4 heteroatoms. The highest BCUT2D eigenvalue weighted by Gasteiger charge is 2.17. The summed E-state index contributed by atoms with van der Waals surface area (Å²) < 4.78 is 8.11. The average Bonchev–Trinajstić information content (AvgIpc) is 3.18. The number of hydrogen-bond acceptors (Lipinski definition) is 3. The molecule has 1 saturated carbocycles. The van der Waals surface area contributed by atoms with Gasteiger partial charge in [0.25, 0.3) is 0 Å². The Balaban J connectivity index is 1.71. The lowest BCUT2D eigenvalue weighted by molar-refractivity contribution is 0.377. The first kappa shape index (κ1) is 16.1. The molecular weight excluding hydrogens is 286 g/mol. The topological polar surface area (TPSA) is 39.1 Å². The van der Waals surface area contributed by atoms with Crippen molar-refractivity contribution in [3.63, 3.8) is 0 Å². The molecule has 124 valence electrons. The predicted octanol–water partition coefficient (Wildman–Crippen LogP) is 4.28. The Morgan fingerprint density at radius 2 is 1.96 bits per heavy atom. The lowest BCUT2D eigenvalue weighted by atomic mass is 10.0. The number of aromatic nitrogens is 2. The first-order chi connectivity index (χ1) is 11.2. The fraction of sp³-hybridized carbons (Fsp3) is 0.526. The van der Waals surface area contributed by atoms with E-state index in [0.717, 1.165) is 36.3 Å². The molecule has 1 fully saturated rings. The van der Waals surface area contributed by atoms with E-state index < -0.39 is 0 Å². The number of benzene rings is 1. The molecule has 1 N–H and O–H groups in total. The number of aryl methyl sites for hydroxylation is 2. The third kappa shape index (κ3) is 4.35. The standard InChI is InChI=1S/C19H27N3O/c1-15-7-9-18(10-8-15)23-19-13-17(14-20-2)21-22(19)12-11-16-5-3-4-6-16/h7-10,13,16,20H,3-6,11-12,14H2,1-2H3. The molecule has 1 aromatic carbocycles. The van der Waals surface area contributed by atoms with Crippen LogP contribution in [0.2, 0.25) is 0 Å². The van der Waals surface area contributed by atoms with Crippen LogP contribution >= 0.6 is 0 Å². The van der Waals surface area contributed by atoms with Gasteiger partial charge < -0.3 is 10.1 Å². The van der Waals surface area contributed by atoms with E-state index in [-0.39, 0.29) is 0 Å². The zero-order valence-corrected chi connectivity index (χ0v) is 14.2. The van der Waals surface area contributed by atoms with E-state index in [0.29, 0.717) is 0 Å². The Hall–Kier alpha value is -1.81. The van der Waals surface area contributed by atoms with E-state index in [4.69, 9.17) is 9.84 Å². The van der Waals surface area contributed by atoms with E-state index in [2.05, 4.69) is 24.4 Å². The highest BCUT2D eigenvalue weighted by atomic mass is 16.5. The fourth-order valence-electron chi connectivity index (χ4n) is 3.29. The van der Waals surface area contributed by atoms with E-state index in [1.807, 2.05) is 29.9 Å². The quantitative estimate of drug-likeness (QED) is 0.829. The highest BCUT2D eigenvalue weighted by molar-refractivity contribution is 5.30. The number of nitrogens with zero attached hydrogens (tertiary/aromatic N) is 2. The van der Waals surface area contributed by atoms with E-state index >= 15 is 0 Å². The molecule has 0 spiro atoms. The summed E-state index contributed by atoms with van der Waals surface area (Å²) >= 11 is 0. The van der Waals surface area contributed by atoms with Crippen molar-refractivity contribution in [3.8, 4) is 11.6 Å². The minimum absolute atomic E-state index is 0.765. The maximum Gasteiger partial charge on any atom is 0.218 e. The lowest BCUT2D eigenvalue weighted by Crippen LogP contribution is -2.09. The summed E-state index contributed by atoms with van der Waals surface area (Å²) in [6.07, 6.45) is 6.73. The third-order valence-corrected chi connectivity index (χ3v) is 4.62. The molecule has 0 atom stereocenters. The fourth-order valence-corrected chi connectivity index (χ4v) is 3.29. The van der Waals surface area contributed by atoms with Crippen LogP contribution in [0.25, 0.3) is 0 Å². The molecule has 23 heavy (non-hydrogen) atoms. The van der Waals surface area contributed by atoms with E-state index in [1.54, 1.807) is 0 Å². The molecule has 0 amide bonds. The largest absolute Gasteiger partial charge is 0.439 e. The minimum atomic E-state index is 0.765. The molecule has 0 saturated heterocycles. The maximum atomic E-state index is 6.08. The molecule has 1 aliphatic carbocycles. The Bertz CT molecular complexity index is 612. The van der Waals surface area contributed by atoms with E-state index in [1.165, 1.54) is 37.7 Å². The molecule has 0 radical (unpaired) electrons. The molecular formula is C19H27N3O. The molecule has 1 aliphatic rings. The van der Waals surface area contributed by atoms with Crippen LogP contribution in [-0.2, 0) is 13.1 Å². The van der Waals surface area contributed by atoms with Gasteiger partial charge in [-0.3, -0.25) is 0 Å². The van der Waals surface area contributed by atoms with Crippen LogP contribution in [0.5, 0.6) is 11.6 Å². The summed E-state index contributed by atoms with van der Waals surface area (Å²) in [7, 11) is 1.94. The Kier molecular flexibility index (Phi) is 5.34. The van der Waals surface area contributed by atoms with Crippen molar-refractivity contribution in [1.82, 2.24) is 15.1 Å². The number of hydrogen-bond donors (Lipinski definition) is 1. The summed E-state index contributed by atoms with van der Waals surface area (Å²) in [6, 6.07) is 10.2. The Morgan fingerprint density at radius 3 is 2.65 bits per heavy atom. The molecule has 0 unspecified atom stereocenters. The van der Waals surface area contributed by atoms with Crippen LogP contribution in [0, 0.1) is 12.8 Å². The molecule has 3 rings (SSSR count). The summed E-state index contributed by atoms with van der Waals surface area (Å²) in [6.45, 7) is 3.79. The SMILES string of the molecule is CNCc1cc(Oc2ccc(C)cc2)n(CCC2CCCC2)n1. The van der Waals surface area contributed by atoms with Gasteiger partial charge in [0.05, 0.1) is 5.69 Å². The van der Waals surface area contributed by atoms with Gasteiger partial charge in [-0.1, -0.05) is 43.4 Å². The second kappa shape index (κ2) is 7.64. The van der Waals surface area contributed by atoms with Crippen molar-refractivity contribution in [2.75, 3.05) is 7.05 Å². The van der Waals surface area contributed by atoms with Crippen molar-refractivity contribution in [2.45, 2.75) is 52.1 Å². The smallest absolute Gasteiger partial charge is 0.218 e. The highest BCUT2D eigenvalue weighted by Crippen LogP contribution is 2.29. The second-order valence-electron chi connectivity index (χ2n) is 6.58. The summed E-state index contributed by atoms with van der Waals surface area (Å²) in [5.74, 6) is 2.57.